The first kappa shape index (κ1) is 22.1. The fourth-order valence-electron chi connectivity index (χ4n) is 3.22. The fourth-order valence-corrected chi connectivity index (χ4v) is 8.14. The minimum absolute atomic E-state index is 0.0896. The molecule has 0 N–H and O–H groups in total. The molecule has 0 aliphatic heterocycles. The molecule has 0 spiro atoms. The predicted octanol–water partition coefficient (Wildman–Crippen LogP) is 5.86. The van der Waals surface area contributed by atoms with Crippen LogP contribution in [0.5, 0.6) is 0 Å². The van der Waals surface area contributed by atoms with Crippen molar-refractivity contribution >= 4 is 31.4 Å². The number of alkyl halides is 3. The lowest BCUT2D eigenvalue weighted by molar-refractivity contribution is -0.0496. The molecule has 0 atom stereocenters. The second-order valence-electron chi connectivity index (χ2n) is 6.57. The third kappa shape index (κ3) is 3.81. The molecule has 5 nitrogen and oxygen atoms in total. The fraction of sp³-hybridized carbons (Fsp3) is 0.0455. The van der Waals surface area contributed by atoms with Crippen LogP contribution in [-0.4, -0.2) is 13.9 Å². The molecule has 0 saturated heterocycles. The maximum absolute atomic E-state index is 13.5. The Morgan fingerprint density at radius 1 is 0.719 bits per heavy atom. The van der Waals surface area contributed by atoms with Crippen LogP contribution in [0.4, 0.5) is 13.2 Å². The van der Waals surface area contributed by atoms with Gasteiger partial charge in [0.2, 0.25) is 0 Å². The van der Waals surface area contributed by atoms with Crippen molar-refractivity contribution in [3.63, 3.8) is 0 Å². The third-order valence-corrected chi connectivity index (χ3v) is 9.51. The highest BCUT2D eigenvalue weighted by Gasteiger charge is 2.52. The summed E-state index contributed by atoms with van der Waals surface area (Å²) < 4.78 is 75.7. The number of halogens is 3. The molecule has 1 heterocycles. The van der Waals surface area contributed by atoms with Gasteiger partial charge in [0.1, 0.15) is 5.58 Å². The van der Waals surface area contributed by atoms with Crippen molar-refractivity contribution < 1.29 is 29.6 Å². The number of hydrogen-bond acceptors (Lipinski definition) is 5. The van der Waals surface area contributed by atoms with Crippen LogP contribution in [-0.2, 0) is 13.7 Å². The molecule has 10 heteroatoms. The summed E-state index contributed by atoms with van der Waals surface area (Å²) in [6.07, 6.45) is 0. The number of fused-ring (bicyclic) bond motifs is 1. The van der Waals surface area contributed by atoms with Crippen LogP contribution in [0.25, 0.3) is 11.0 Å². The molecule has 0 aliphatic carbocycles. The third-order valence-electron chi connectivity index (χ3n) is 4.56. The summed E-state index contributed by atoms with van der Waals surface area (Å²) in [5.41, 5.74) is -6.21. The van der Waals surface area contributed by atoms with Gasteiger partial charge in [-0.15, -0.1) is 0 Å². The molecule has 0 radical (unpaired) electrons. The molecule has 1 aromatic heterocycles. The minimum Gasteiger partial charge on any atom is -0.423 e. The summed E-state index contributed by atoms with van der Waals surface area (Å²) in [6.45, 7) is 0. The normalized spacial score (nSPS) is 13.2. The Labute approximate surface area is 182 Å². The molecule has 0 bridgehead atoms. The number of hydrogen-bond donors (Lipinski definition) is 0. The van der Waals surface area contributed by atoms with Gasteiger partial charge >= 0.3 is 21.3 Å². The van der Waals surface area contributed by atoms with Crippen molar-refractivity contribution in [2.45, 2.75) is 20.2 Å². The van der Waals surface area contributed by atoms with Gasteiger partial charge in [0.25, 0.3) is 0 Å². The van der Waals surface area contributed by atoms with E-state index in [0.29, 0.717) is 0 Å². The van der Waals surface area contributed by atoms with E-state index in [0.717, 1.165) is 6.07 Å². The summed E-state index contributed by atoms with van der Waals surface area (Å²) in [7, 11) is -9.51. The van der Waals surface area contributed by atoms with Gasteiger partial charge in [-0.25, -0.2) is 4.79 Å². The maximum atomic E-state index is 13.5. The largest absolute Gasteiger partial charge is 0.524 e. The van der Waals surface area contributed by atoms with Gasteiger partial charge in [0.15, 0.2) is 0 Å². The zero-order valence-electron chi connectivity index (χ0n) is 16.2. The first-order valence-corrected chi connectivity index (χ1v) is 12.1. The van der Waals surface area contributed by atoms with E-state index in [2.05, 4.69) is 0 Å². The second kappa shape index (κ2) is 8.12. The van der Waals surface area contributed by atoms with Crippen LogP contribution >= 0.6 is 10.3 Å². The van der Waals surface area contributed by atoms with Crippen LogP contribution < -0.4 is 5.63 Å². The number of benzene rings is 3. The average Bonchev–Trinajstić information content (AvgIpc) is 2.77. The minimum atomic E-state index is -6.03. The van der Waals surface area contributed by atoms with Crippen molar-refractivity contribution in [1.82, 2.24) is 0 Å². The van der Waals surface area contributed by atoms with Gasteiger partial charge in [-0.2, -0.15) is 25.2 Å². The molecule has 4 aromatic rings. The SMILES string of the molecule is O=c1ccc2c(S(OS(=O)(=O)C(F)(F)F)(c3ccccc3)c3ccccc3)cccc2o1. The van der Waals surface area contributed by atoms with E-state index >= 15 is 0 Å². The van der Waals surface area contributed by atoms with Gasteiger partial charge in [-0.1, -0.05) is 42.5 Å². The lowest BCUT2D eigenvalue weighted by atomic mass is 10.2. The van der Waals surface area contributed by atoms with Crippen molar-refractivity contribution in [2.75, 3.05) is 0 Å². The first-order valence-electron chi connectivity index (χ1n) is 9.14. The van der Waals surface area contributed by atoms with E-state index in [9.17, 15) is 26.4 Å². The zero-order chi connectivity index (χ0) is 23.0. The van der Waals surface area contributed by atoms with E-state index in [1.54, 1.807) is 36.4 Å². The first-order chi connectivity index (χ1) is 15.1. The van der Waals surface area contributed by atoms with E-state index in [4.69, 9.17) is 8.05 Å². The molecular formula is C22H15F3O5S2. The molecule has 32 heavy (non-hydrogen) atoms. The lowest BCUT2D eigenvalue weighted by Gasteiger charge is -2.39. The van der Waals surface area contributed by atoms with Crippen LogP contribution in [0, 0.1) is 0 Å². The highest BCUT2D eigenvalue weighted by Crippen LogP contribution is 2.71. The molecule has 0 unspecified atom stereocenters. The van der Waals surface area contributed by atoms with Gasteiger partial charge in [-0.05, 0) is 52.8 Å². The van der Waals surface area contributed by atoms with Crippen molar-refractivity contribution in [2.24, 2.45) is 0 Å². The van der Waals surface area contributed by atoms with Gasteiger partial charge < -0.3 is 4.42 Å². The lowest BCUT2D eigenvalue weighted by Crippen LogP contribution is -2.27. The van der Waals surface area contributed by atoms with E-state index in [1.165, 1.54) is 48.5 Å². The molecule has 166 valence electrons. The van der Waals surface area contributed by atoms with Crippen LogP contribution in [0.15, 0.2) is 115 Å². The second-order valence-corrected chi connectivity index (χ2v) is 11.0. The van der Waals surface area contributed by atoms with E-state index in [-0.39, 0.29) is 25.7 Å². The Balaban J connectivity index is 2.17. The predicted molar refractivity (Wildman–Crippen MR) is 114 cm³/mol. The maximum Gasteiger partial charge on any atom is 0.524 e. The van der Waals surface area contributed by atoms with Gasteiger partial charge in [0.05, 0.1) is 0 Å². The molecule has 3 aromatic carbocycles. The molecular weight excluding hydrogens is 465 g/mol. The van der Waals surface area contributed by atoms with Crippen LogP contribution in [0.1, 0.15) is 0 Å². The standard InChI is InChI=1S/C22H15F3O5S2/c23-22(24,25)32(27,28)30-31(16-8-3-1-4-9-16,17-10-5-2-6-11-17)20-13-7-12-19-18(20)14-15-21(26)29-19/h1-15H. The Bertz CT molecular complexity index is 1380. The van der Waals surface area contributed by atoms with Crippen molar-refractivity contribution in [3.8, 4) is 0 Å². The number of rotatable bonds is 5. The van der Waals surface area contributed by atoms with Crippen molar-refractivity contribution in [1.29, 1.82) is 0 Å². The highest BCUT2D eigenvalue weighted by atomic mass is 32.3. The summed E-state index contributed by atoms with van der Waals surface area (Å²) in [6, 6.07) is 22.6. The Morgan fingerprint density at radius 3 is 1.81 bits per heavy atom. The Kier molecular flexibility index (Phi) is 5.61. The van der Waals surface area contributed by atoms with Crippen molar-refractivity contribution in [3.05, 3.63) is 101 Å². The molecule has 0 aliphatic rings. The summed E-state index contributed by atoms with van der Waals surface area (Å²) in [5, 5.41) is 0.257. The topological polar surface area (TPSA) is 73.6 Å². The molecule has 0 amide bonds. The average molecular weight is 480 g/mol. The Hall–Kier alpha value is -3.08. The zero-order valence-corrected chi connectivity index (χ0v) is 17.8. The van der Waals surface area contributed by atoms with Gasteiger partial charge in [-0.3, -0.25) is 0 Å². The summed E-state index contributed by atoms with van der Waals surface area (Å²) in [5.74, 6) is 0. The van der Waals surface area contributed by atoms with E-state index in [1.807, 2.05) is 0 Å². The highest BCUT2D eigenvalue weighted by molar-refractivity contribution is 8.33. The Morgan fingerprint density at radius 2 is 1.28 bits per heavy atom. The monoisotopic (exact) mass is 480 g/mol. The van der Waals surface area contributed by atoms with Crippen LogP contribution in [0.2, 0.25) is 0 Å². The molecule has 0 saturated carbocycles. The molecule has 0 fully saturated rings. The molecule has 4 rings (SSSR count). The summed E-state index contributed by atoms with van der Waals surface area (Å²) >= 11 is 0. The van der Waals surface area contributed by atoms with Gasteiger partial charge in [0, 0.05) is 26.1 Å². The van der Waals surface area contributed by atoms with Crippen LogP contribution in [0.3, 0.4) is 0 Å². The van der Waals surface area contributed by atoms with E-state index < -0.39 is 31.6 Å². The smallest absolute Gasteiger partial charge is 0.423 e. The quantitative estimate of drug-likeness (QED) is 0.264. The summed E-state index contributed by atoms with van der Waals surface area (Å²) in [4.78, 5) is 12.3.